The van der Waals surface area contributed by atoms with Crippen molar-refractivity contribution in [1.29, 1.82) is 0 Å². The van der Waals surface area contributed by atoms with Crippen LogP contribution in [0.2, 0.25) is 0 Å². The third-order valence-electron chi connectivity index (χ3n) is 5.74. The Hall–Kier alpha value is -4.44. The van der Waals surface area contributed by atoms with E-state index < -0.39 is 12.1 Å². The fraction of sp³-hybridized carbons (Fsp3) is 0.120. The van der Waals surface area contributed by atoms with Crippen LogP contribution in [0.4, 0.5) is 10.5 Å². The topological polar surface area (TPSA) is 116 Å². The number of amides is 1. The highest BCUT2D eigenvalue weighted by molar-refractivity contribution is 7.00. The number of hydrogen-bond donors (Lipinski definition) is 2. The number of carboxylic acids is 1. The van der Waals surface area contributed by atoms with Crippen molar-refractivity contribution in [3.63, 3.8) is 0 Å². The van der Waals surface area contributed by atoms with Crippen molar-refractivity contribution < 1.29 is 24.2 Å². The van der Waals surface area contributed by atoms with E-state index in [0.29, 0.717) is 45.5 Å². The van der Waals surface area contributed by atoms with E-state index in [-0.39, 0.29) is 5.69 Å². The van der Waals surface area contributed by atoms with Crippen molar-refractivity contribution >= 4 is 51.4 Å². The number of aromatic carboxylic acids is 1. The molecule has 35 heavy (non-hydrogen) atoms. The smallest absolute Gasteiger partial charge is 0.411 e. The number of aromatic nitrogens is 3. The summed E-state index contributed by atoms with van der Waals surface area (Å²) in [6.07, 6.45) is -0.614. The molecule has 5 rings (SSSR count). The predicted octanol–water partition coefficient (Wildman–Crippen LogP) is 5.25. The second-order valence-corrected chi connectivity index (χ2v) is 8.31. The lowest BCUT2D eigenvalue weighted by atomic mass is 10.0. The molecule has 0 aliphatic rings. The van der Waals surface area contributed by atoms with E-state index in [1.165, 1.54) is 7.11 Å². The molecule has 0 spiro atoms. The van der Waals surface area contributed by atoms with Gasteiger partial charge in [0.15, 0.2) is 0 Å². The highest BCUT2D eigenvalue weighted by Gasteiger charge is 2.25. The van der Waals surface area contributed by atoms with Gasteiger partial charge >= 0.3 is 12.1 Å². The molecule has 10 heteroatoms. The van der Waals surface area contributed by atoms with Gasteiger partial charge in [0.1, 0.15) is 22.5 Å². The van der Waals surface area contributed by atoms with Crippen molar-refractivity contribution in [1.82, 2.24) is 13.3 Å². The number of rotatable bonds is 6. The highest BCUT2D eigenvalue weighted by Crippen LogP contribution is 2.38. The molecular weight excluding hydrogens is 468 g/mol. The van der Waals surface area contributed by atoms with Crippen LogP contribution in [0.15, 0.2) is 60.7 Å². The van der Waals surface area contributed by atoms with Crippen molar-refractivity contribution in [3.8, 4) is 16.9 Å². The Labute approximate surface area is 203 Å². The van der Waals surface area contributed by atoms with E-state index in [0.717, 1.165) is 22.8 Å². The molecule has 0 radical (unpaired) electrons. The minimum atomic E-state index is -1.07. The van der Waals surface area contributed by atoms with Crippen molar-refractivity contribution in [2.75, 3.05) is 19.5 Å². The van der Waals surface area contributed by atoms with Crippen LogP contribution >= 0.6 is 11.7 Å². The maximum atomic E-state index is 12.6. The van der Waals surface area contributed by atoms with Crippen LogP contribution in [0.1, 0.15) is 16.1 Å². The zero-order valence-electron chi connectivity index (χ0n) is 18.8. The number of hydrogen-bond acceptors (Lipinski definition) is 7. The van der Waals surface area contributed by atoms with Gasteiger partial charge in [-0.1, -0.05) is 18.2 Å². The summed E-state index contributed by atoms with van der Waals surface area (Å²) in [6, 6.07) is 18.2. The van der Waals surface area contributed by atoms with Gasteiger partial charge in [0.05, 0.1) is 25.9 Å². The summed E-state index contributed by atoms with van der Waals surface area (Å²) in [6.45, 7) is 0.326. The molecule has 0 saturated heterocycles. The second kappa shape index (κ2) is 9.07. The predicted molar refractivity (Wildman–Crippen MR) is 133 cm³/mol. The molecule has 0 aliphatic carbocycles. The number of fused-ring (bicyclic) bond motifs is 2. The molecule has 2 heterocycles. The summed E-state index contributed by atoms with van der Waals surface area (Å²) in [5, 5.41) is 13.7. The summed E-state index contributed by atoms with van der Waals surface area (Å²) in [4.78, 5) is 24.4. The summed E-state index contributed by atoms with van der Waals surface area (Å²) in [5.41, 5.74) is 4.89. The zero-order chi connectivity index (χ0) is 24.5. The van der Waals surface area contributed by atoms with Gasteiger partial charge in [-0.25, -0.2) is 9.59 Å². The molecule has 2 N–H and O–H groups in total. The van der Waals surface area contributed by atoms with Crippen LogP contribution in [0.3, 0.4) is 0 Å². The van der Waals surface area contributed by atoms with Crippen LogP contribution in [-0.2, 0) is 11.3 Å². The molecule has 0 aliphatic heterocycles. The van der Waals surface area contributed by atoms with Gasteiger partial charge in [0, 0.05) is 28.7 Å². The summed E-state index contributed by atoms with van der Waals surface area (Å²) in [7, 11) is 2.88. The SMILES string of the molecule is COC(=O)Nc1ccc2c(c1)c(-c1ccc3nsnc3c1)c(C(=O)O)n2Cc1ccc(OC)cc1. The number of carboxylic acid groups (broad SMARTS) is 1. The first kappa shape index (κ1) is 22.4. The van der Waals surface area contributed by atoms with Crippen molar-refractivity contribution in [2.24, 2.45) is 0 Å². The molecule has 0 fully saturated rings. The largest absolute Gasteiger partial charge is 0.497 e. The monoisotopic (exact) mass is 488 g/mol. The molecule has 2 aromatic heterocycles. The van der Waals surface area contributed by atoms with E-state index in [1.807, 2.05) is 42.5 Å². The summed E-state index contributed by atoms with van der Waals surface area (Å²) in [5.74, 6) is -0.349. The lowest BCUT2D eigenvalue weighted by molar-refractivity contribution is 0.0687. The van der Waals surface area contributed by atoms with Crippen molar-refractivity contribution in [2.45, 2.75) is 6.54 Å². The van der Waals surface area contributed by atoms with E-state index in [2.05, 4.69) is 14.1 Å². The molecule has 0 atom stereocenters. The standard InChI is InChI=1S/C25H20N4O5S/c1-33-17-7-3-14(4-8-17)13-29-21-10-6-16(26-25(32)34-2)12-18(21)22(23(29)24(30)31)15-5-9-19-20(11-15)28-35-27-19/h3-12H,13H2,1-2H3,(H,26,32)(H,30,31). The summed E-state index contributed by atoms with van der Waals surface area (Å²) >= 11 is 1.10. The van der Waals surface area contributed by atoms with Crippen LogP contribution in [0.5, 0.6) is 5.75 Å². The van der Waals surface area contributed by atoms with Gasteiger partial charge < -0.3 is 19.1 Å². The zero-order valence-corrected chi connectivity index (χ0v) is 19.6. The number of methoxy groups -OCH3 is 2. The van der Waals surface area contributed by atoms with Gasteiger partial charge in [0.25, 0.3) is 0 Å². The number of anilines is 1. The Morgan fingerprint density at radius 1 is 1.00 bits per heavy atom. The van der Waals surface area contributed by atoms with Crippen LogP contribution in [0, 0.1) is 0 Å². The van der Waals surface area contributed by atoms with E-state index in [1.54, 1.807) is 29.9 Å². The lowest BCUT2D eigenvalue weighted by Gasteiger charge is -2.10. The van der Waals surface area contributed by atoms with Crippen LogP contribution in [-0.4, -0.2) is 44.7 Å². The number of nitrogens with zero attached hydrogens (tertiary/aromatic N) is 3. The minimum Gasteiger partial charge on any atom is -0.497 e. The first-order valence-electron chi connectivity index (χ1n) is 10.6. The van der Waals surface area contributed by atoms with E-state index in [4.69, 9.17) is 9.47 Å². The highest BCUT2D eigenvalue weighted by atomic mass is 32.1. The summed E-state index contributed by atoms with van der Waals surface area (Å²) < 4.78 is 20.3. The van der Waals surface area contributed by atoms with Gasteiger partial charge in [-0.3, -0.25) is 5.32 Å². The van der Waals surface area contributed by atoms with Crippen LogP contribution in [0.25, 0.3) is 33.1 Å². The Kier molecular flexibility index (Phi) is 5.79. The quantitative estimate of drug-likeness (QED) is 0.335. The van der Waals surface area contributed by atoms with Crippen LogP contribution < -0.4 is 10.1 Å². The normalized spacial score (nSPS) is 11.0. The number of benzene rings is 3. The first-order valence-corrected chi connectivity index (χ1v) is 11.3. The molecule has 176 valence electrons. The molecule has 0 bridgehead atoms. The van der Waals surface area contributed by atoms with Gasteiger partial charge in [-0.2, -0.15) is 8.75 Å². The number of ether oxygens (including phenoxy) is 2. The Morgan fingerprint density at radius 3 is 2.49 bits per heavy atom. The Bertz CT molecular complexity index is 1570. The maximum absolute atomic E-state index is 12.6. The fourth-order valence-corrected chi connectivity index (χ4v) is 4.65. The average Bonchev–Trinajstić information content (AvgIpc) is 3.46. The molecule has 5 aromatic rings. The minimum absolute atomic E-state index is 0.133. The maximum Gasteiger partial charge on any atom is 0.411 e. The molecule has 0 saturated carbocycles. The van der Waals surface area contributed by atoms with E-state index in [9.17, 15) is 14.7 Å². The lowest BCUT2D eigenvalue weighted by Crippen LogP contribution is -2.11. The number of carbonyl (C=O) groups is 2. The first-order chi connectivity index (χ1) is 17.0. The number of carbonyl (C=O) groups excluding carboxylic acids is 1. The molecule has 3 aromatic carbocycles. The Morgan fingerprint density at radius 2 is 1.77 bits per heavy atom. The Balaban J connectivity index is 1.75. The van der Waals surface area contributed by atoms with Gasteiger partial charge in [-0.05, 0) is 53.6 Å². The third kappa shape index (κ3) is 4.15. The molecule has 9 nitrogen and oxygen atoms in total. The second-order valence-electron chi connectivity index (χ2n) is 7.78. The van der Waals surface area contributed by atoms with Gasteiger partial charge in [-0.15, -0.1) is 0 Å². The van der Waals surface area contributed by atoms with E-state index >= 15 is 0 Å². The average molecular weight is 489 g/mol. The third-order valence-corrected chi connectivity index (χ3v) is 6.30. The molecule has 0 unspecified atom stereocenters. The van der Waals surface area contributed by atoms with Crippen molar-refractivity contribution in [3.05, 3.63) is 71.9 Å². The molecular formula is C25H20N4O5S. The number of nitrogens with one attached hydrogen (secondary N) is 1. The van der Waals surface area contributed by atoms with Gasteiger partial charge in [0.2, 0.25) is 0 Å². The molecule has 1 amide bonds. The fourth-order valence-electron chi connectivity index (χ4n) is 4.13.